The van der Waals surface area contributed by atoms with E-state index in [4.69, 9.17) is 23.2 Å². The van der Waals surface area contributed by atoms with Gasteiger partial charge in [0.1, 0.15) is 0 Å². The van der Waals surface area contributed by atoms with E-state index in [-0.39, 0.29) is 11.5 Å². The SMILES string of the molecule is CCC(=O)Nc1ccc(=O)n(Cc2ccc(Cl)c(Cl)c2)c1. The number of rotatable bonds is 4. The predicted octanol–water partition coefficient (Wildman–Crippen LogP) is 3.55. The molecule has 2 aromatic rings. The van der Waals surface area contributed by atoms with Gasteiger partial charge in [-0.05, 0) is 23.8 Å². The first-order valence-corrected chi connectivity index (χ1v) is 7.19. The minimum Gasteiger partial charge on any atom is -0.325 e. The zero-order chi connectivity index (χ0) is 15.4. The van der Waals surface area contributed by atoms with E-state index in [9.17, 15) is 9.59 Å². The summed E-state index contributed by atoms with van der Waals surface area (Å²) in [4.78, 5) is 23.3. The summed E-state index contributed by atoms with van der Waals surface area (Å²) in [5.74, 6) is -0.102. The molecule has 0 aliphatic rings. The van der Waals surface area contributed by atoms with Crippen molar-refractivity contribution >= 4 is 34.8 Å². The molecule has 1 aromatic carbocycles. The number of hydrogen-bond donors (Lipinski definition) is 1. The number of carbonyl (C=O) groups is 1. The molecular weight excluding hydrogens is 311 g/mol. The Kier molecular flexibility index (Phi) is 5.04. The molecule has 0 radical (unpaired) electrons. The van der Waals surface area contributed by atoms with Crippen LogP contribution in [0.4, 0.5) is 5.69 Å². The van der Waals surface area contributed by atoms with Gasteiger partial charge in [0.2, 0.25) is 5.91 Å². The van der Waals surface area contributed by atoms with Crippen molar-refractivity contribution in [2.45, 2.75) is 19.9 Å². The van der Waals surface area contributed by atoms with Crippen molar-refractivity contribution in [2.75, 3.05) is 5.32 Å². The van der Waals surface area contributed by atoms with Crippen LogP contribution in [0.25, 0.3) is 0 Å². The van der Waals surface area contributed by atoms with Crippen molar-refractivity contribution in [1.82, 2.24) is 4.57 Å². The van der Waals surface area contributed by atoms with E-state index in [2.05, 4.69) is 5.32 Å². The second-order valence-electron chi connectivity index (χ2n) is 4.53. The molecule has 0 saturated heterocycles. The van der Waals surface area contributed by atoms with Crippen LogP contribution >= 0.6 is 23.2 Å². The van der Waals surface area contributed by atoms with Gasteiger partial charge in [0.05, 0.1) is 22.3 Å². The first-order valence-electron chi connectivity index (χ1n) is 6.44. The molecule has 0 atom stereocenters. The van der Waals surface area contributed by atoms with Gasteiger partial charge < -0.3 is 9.88 Å². The van der Waals surface area contributed by atoms with Crippen molar-refractivity contribution in [3.05, 3.63) is 62.5 Å². The van der Waals surface area contributed by atoms with Crippen molar-refractivity contribution in [2.24, 2.45) is 0 Å². The summed E-state index contributed by atoms with van der Waals surface area (Å²) in [7, 11) is 0. The predicted molar refractivity (Wildman–Crippen MR) is 85.2 cm³/mol. The molecule has 1 amide bonds. The van der Waals surface area contributed by atoms with Gasteiger partial charge in [-0.15, -0.1) is 0 Å². The number of benzene rings is 1. The van der Waals surface area contributed by atoms with E-state index in [1.807, 2.05) is 0 Å². The van der Waals surface area contributed by atoms with Crippen LogP contribution in [-0.4, -0.2) is 10.5 Å². The molecule has 1 aromatic heterocycles. The van der Waals surface area contributed by atoms with E-state index in [0.29, 0.717) is 28.7 Å². The van der Waals surface area contributed by atoms with Gasteiger partial charge in [0.15, 0.2) is 0 Å². The highest BCUT2D eigenvalue weighted by molar-refractivity contribution is 6.42. The van der Waals surface area contributed by atoms with Gasteiger partial charge in [-0.1, -0.05) is 36.2 Å². The van der Waals surface area contributed by atoms with Crippen LogP contribution in [-0.2, 0) is 11.3 Å². The van der Waals surface area contributed by atoms with E-state index in [1.54, 1.807) is 37.4 Å². The number of pyridine rings is 1. The maximum atomic E-state index is 11.9. The lowest BCUT2D eigenvalue weighted by molar-refractivity contribution is -0.115. The van der Waals surface area contributed by atoms with Crippen LogP contribution in [0.5, 0.6) is 0 Å². The topological polar surface area (TPSA) is 51.1 Å². The lowest BCUT2D eigenvalue weighted by Crippen LogP contribution is -2.20. The van der Waals surface area contributed by atoms with Crippen LogP contribution in [0.15, 0.2) is 41.3 Å². The van der Waals surface area contributed by atoms with Gasteiger partial charge in [-0.2, -0.15) is 0 Å². The number of amides is 1. The maximum Gasteiger partial charge on any atom is 0.250 e. The molecule has 0 aliphatic heterocycles. The van der Waals surface area contributed by atoms with Gasteiger partial charge in [0, 0.05) is 18.7 Å². The molecule has 21 heavy (non-hydrogen) atoms. The van der Waals surface area contributed by atoms with E-state index in [1.165, 1.54) is 10.6 Å². The third-order valence-electron chi connectivity index (χ3n) is 2.93. The molecule has 0 saturated carbocycles. The minimum atomic E-state index is -0.157. The van der Waals surface area contributed by atoms with Crippen LogP contribution in [0.3, 0.4) is 0 Å². The quantitative estimate of drug-likeness (QED) is 0.934. The van der Waals surface area contributed by atoms with Crippen molar-refractivity contribution < 1.29 is 4.79 Å². The summed E-state index contributed by atoms with van der Waals surface area (Å²) in [6.45, 7) is 2.12. The second kappa shape index (κ2) is 6.78. The van der Waals surface area contributed by atoms with Crippen molar-refractivity contribution in [1.29, 1.82) is 0 Å². The van der Waals surface area contributed by atoms with Crippen LogP contribution < -0.4 is 10.9 Å². The molecule has 110 valence electrons. The van der Waals surface area contributed by atoms with Crippen LogP contribution in [0.1, 0.15) is 18.9 Å². The summed E-state index contributed by atoms with van der Waals surface area (Å²) in [5, 5.41) is 3.63. The van der Waals surface area contributed by atoms with Gasteiger partial charge >= 0.3 is 0 Å². The third kappa shape index (κ3) is 4.09. The lowest BCUT2D eigenvalue weighted by Gasteiger charge is -2.10. The average molecular weight is 325 g/mol. The second-order valence-corrected chi connectivity index (χ2v) is 5.35. The zero-order valence-electron chi connectivity index (χ0n) is 11.4. The average Bonchev–Trinajstić information content (AvgIpc) is 2.46. The molecule has 0 spiro atoms. The smallest absolute Gasteiger partial charge is 0.250 e. The highest BCUT2D eigenvalue weighted by Gasteiger charge is 2.05. The summed E-state index contributed by atoms with van der Waals surface area (Å²) in [6.07, 6.45) is 1.99. The third-order valence-corrected chi connectivity index (χ3v) is 3.66. The molecule has 0 fully saturated rings. The van der Waals surface area contributed by atoms with Crippen LogP contribution in [0.2, 0.25) is 10.0 Å². The molecule has 0 bridgehead atoms. The van der Waals surface area contributed by atoms with Crippen molar-refractivity contribution in [3.63, 3.8) is 0 Å². The normalized spacial score (nSPS) is 10.4. The van der Waals surface area contributed by atoms with E-state index >= 15 is 0 Å². The lowest BCUT2D eigenvalue weighted by atomic mass is 10.2. The Morgan fingerprint density at radius 2 is 1.95 bits per heavy atom. The van der Waals surface area contributed by atoms with Crippen molar-refractivity contribution in [3.8, 4) is 0 Å². The van der Waals surface area contributed by atoms with Gasteiger partial charge in [-0.3, -0.25) is 9.59 Å². The zero-order valence-corrected chi connectivity index (χ0v) is 12.9. The Bertz CT molecular complexity index is 726. The highest BCUT2D eigenvalue weighted by Crippen LogP contribution is 2.22. The minimum absolute atomic E-state index is 0.102. The Morgan fingerprint density at radius 1 is 1.19 bits per heavy atom. The van der Waals surface area contributed by atoms with Gasteiger partial charge in [-0.25, -0.2) is 0 Å². The van der Waals surface area contributed by atoms with Crippen LogP contribution in [0, 0.1) is 0 Å². The monoisotopic (exact) mass is 324 g/mol. The van der Waals surface area contributed by atoms with Gasteiger partial charge in [0.25, 0.3) is 5.56 Å². The summed E-state index contributed by atoms with van der Waals surface area (Å²) in [6, 6.07) is 8.21. The molecule has 4 nitrogen and oxygen atoms in total. The first kappa shape index (κ1) is 15.6. The Balaban J connectivity index is 2.26. The molecule has 0 unspecified atom stereocenters. The number of hydrogen-bond acceptors (Lipinski definition) is 2. The fourth-order valence-corrected chi connectivity index (χ4v) is 2.13. The number of aromatic nitrogens is 1. The Morgan fingerprint density at radius 3 is 2.62 bits per heavy atom. The molecule has 2 rings (SSSR count). The van der Waals surface area contributed by atoms with E-state index < -0.39 is 0 Å². The number of anilines is 1. The summed E-state index contributed by atoms with van der Waals surface area (Å²) >= 11 is 11.8. The standard InChI is InChI=1S/C15H14Cl2N2O2/c1-2-14(20)18-11-4-6-15(21)19(9-11)8-10-3-5-12(16)13(17)7-10/h3-7,9H,2,8H2,1H3,(H,18,20). The molecule has 0 aliphatic carbocycles. The maximum absolute atomic E-state index is 11.9. The molecular formula is C15H14Cl2N2O2. The Hall–Kier alpha value is -1.78. The summed E-state index contributed by atoms with van der Waals surface area (Å²) in [5.41, 5.74) is 1.28. The fraction of sp³-hybridized carbons (Fsp3) is 0.200. The fourth-order valence-electron chi connectivity index (χ4n) is 1.81. The summed E-state index contributed by atoms with van der Waals surface area (Å²) < 4.78 is 1.50. The number of carbonyl (C=O) groups excluding carboxylic acids is 1. The van der Waals surface area contributed by atoms with E-state index in [0.717, 1.165) is 5.56 Å². The Labute approximate surface area is 132 Å². The number of nitrogens with one attached hydrogen (secondary N) is 1. The first-order chi connectivity index (χ1) is 9.99. The molecule has 1 N–H and O–H groups in total. The molecule has 6 heteroatoms. The molecule has 1 heterocycles. The largest absolute Gasteiger partial charge is 0.325 e. The highest BCUT2D eigenvalue weighted by atomic mass is 35.5. The number of halogens is 2. The number of nitrogens with zero attached hydrogens (tertiary/aromatic N) is 1.